The number of nitrogens with zero attached hydrogens (tertiary/aromatic N) is 2. The van der Waals surface area contributed by atoms with Crippen LogP contribution in [-0.2, 0) is 10.0 Å². The van der Waals surface area contributed by atoms with Crippen molar-refractivity contribution in [3.8, 4) is 0 Å². The SMILES string of the molecule is CC1=NNC(O)N(NS(=O)(=O)c2ccc(F)cc2F)C1. The van der Waals surface area contributed by atoms with Gasteiger partial charge in [0.05, 0.1) is 12.3 Å². The highest BCUT2D eigenvalue weighted by Crippen LogP contribution is 2.16. The molecule has 3 N–H and O–H groups in total. The maximum absolute atomic E-state index is 13.5. The molecule has 0 aromatic heterocycles. The first kappa shape index (κ1) is 14.8. The van der Waals surface area contributed by atoms with E-state index in [1.807, 2.05) is 4.83 Å². The van der Waals surface area contributed by atoms with Gasteiger partial charge in [0.2, 0.25) is 6.35 Å². The molecule has 0 aliphatic carbocycles. The van der Waals surface area contributed by atoms with Crippen molar-refractivity contribution in [2.45, 2.75) is 18.2 Å². The maximum Gasteiger partial charge on any atom is 0.256 e. The molecule has 10 heteroatoms. The molecule has 0 radical (unpaired) electrons. The van der Waals surface area contributed by atoms with E-state index < -0.39 is 32.9 Å². The lowest BCUT2D eigenvalue weighted by molar-refractivity contribution is -0.0333. The fraction of sp³-hybridized carbons (Fsp3) is 0.300. The summed E-state index contributed by atoms with van der Waals surface area (Å²) in [5.74, 6) is -2.11. The van der Waals surface area contributed by atoms with Gasteiger partial charge in [-0.05, 0) is 19.1 Å². The molecule has 1 aliphatic heterocycles. The number of hydrazone groups is 1. The second-order valence-electron chi connectivity index (χ2n) is 4.15. The minimum atomic E-state index is -4.28. The lowest BCUT2D eigenvalue weighted by atomic mass is 10.3. The van der Waals surface area contributed by atoms with Crippen LogP contribution in [0.25, 0.3) is 0 Å². The Kier molecular flexibility index (Phi) is 3.99. The highest BCUT2D eigenvalue weighted by atomic mass is 32.2. The van der Waals surface area contributed by atoms with Crippen LogP contribution in [-0.4, -0.2) is 37.1 Å². The molecule has 7 nitrogen and oxygen atoms in total. The fourth-order valence-corrected chi connectivity index (χ4v) is 2.72. The Labute approximate surface area is 113 Å². The largest absolute Gasteiger partial charge is 0.359 e. The summed E-state index contributed by atoms with van der Waals surface area (Å²) in [4.78, 5) is 1.29. The van der Waals surface area contributed by atoms with Gasteiger partial charge in [-0.3, -0.25) is 5.43 Å². The molecule has 1 unspecified atom stereocenters. The van der Waals surface area contributed by atoms with E-state index in [0.29, 0.717) is 11.8 Å². The number of hydrazine groups is 1. The van der Waals surface area contributed by atoms with E-state index in [4.69, 9.17) is 0 Å². The highest BCUT2D eigenvalue weighted by Gasteiger charge is 2.28. The van der Waals surface area contributed by atoms with Crippen molar-refractivity contribution in [1.29, 1.82) is 0 Å². The van der Waals surface area contributed by atoms with Crippen LogP contribution in [0.2, 0.25) is 0 Å². The van der Waals surface area contributed by atoms with Crippen molar-refractivity contribution < 1.29 is 22.3 Å². The zero-order chi connectivity index (χ0) is 14.9. The number of nitrogens with one attached hydrogen (secondary N) is 2. The maximum atomic E-state index is 13.5. The van der Waals surface area contributed by atoms with Crippen molar-refractivity contribution in [2.24, 2.45) is 5.10 Å². The zero-order valence-electron chi connectivity index (χ0n) is 10.3. The van der Waals surface area contributed by atoms with Gasteiger partial charge in [0.15, 0.2) is 0 Å². The lowest BCUT2D eigenvalue weighted by Gasteiger charge is -2.30. The standard InChI is InChI=1S/C10H12F2N4O3S/c1-6-5-16(10(17)14-13-6)15-20(18,19)9-3-2-7(11)4-8(9)12/h2-4,10,14-15,17H,5H2,1H3. The number of halogens is 2. The Bertz CT molecular complexity index is 650. The van der Waals surface area contributed by atoms with E-state index in [-0.39, 0.29) is 6.54 Å². The van der Waals surface area contributed by atoms with Crippen LogP contribution < -0.4 is 10.3 Å². The molecule has 0 amide bonds. The number of rotatable bonds is 3. The van der Waals surface area contributed by atoms with Crippen LogP contribution in [0.5, 0.6) is 0 Å². The molecular formula is C10H12F2N4O3S. The Balaban J connectivity index is 2.25. The molecule has 1 heterocycles. The van der Waals surface area contributed by atoms with Gasteiger partial charge in [0.1, 0.15) is 16.5 Å². The van der Waals surface area contributed by atoms with E-state index in [1.54, 1.807) is 6.92 Å². The first-order chi connectivity index (χ1) is 9.29. The van der Waals surface area contributed by atoms with E-state index in [2.05, 4.69) is 10.5 Å². The Morgan fingerprint density at radius 1 is 1.50 bits per heavy atom. The van der Waals surface area contributed by atoms with E-state index in [0.717, 1.165) is 17.1 Å². The predicted octanol–water partition coefficient (Wildman–Crippen LogP) is -0.285. The second kappa shape index (κ2) is 5.40. The van der Waals surface area contributed by atoms with Crippen molar-refractivity contribution in [3.05, 3.63) is 29.8 Å². The number of hydrogen-bond acceptors (Lipinski definition) is 6. The van der Waals surface area contributed by atoms with Crippen LogP contribution in [0.1, 0.15) is 6.92 Å². The molecule has 1 aromatic rings. The summed E-state index contributed by atoms with van der Waals surface area (Å²) in [6, 6.07) is 2.10. The molecule has 110 valence electrons. The molecule has 0 saturated carbocycles. The quantitative estimate of drug-likeness (QED) is 0.714. The van der Waals surface area contributed by atoms with Gasteiger partial charge in [-0.15, -0.1) is 4.83 Å². The van der Waals surface area contributed by atoms with E-state index in [1.165, 1.54) is 0 Å². The number of aliphatic hydroxyl groups is 1. The van der Waals surface area contributed by atoms with Crippen molar-refractivity contribution in [2.75, 3.05) is 6.54 Å². The lowest BCUT2D eigenvalue weighted by Crippen LogP contribution is -2.57. The summed E-state index contributed by atoms with van der Waals surface area (Å²) in [6.45, 7) is 1.62. The van der Waals surface area contributed by atoms with Gasteiger partial charge in [-0.25, -0.2) is 17.2 Å². The molecule has 0 bridgehead atoms. The van der Waals surface area contributed by atoms with Crippen LogP contribution in [0, 0.1) is 11.6 Å². The third-order valence-corrected chi connectivity index (χ3v) is 3.87. The Morgan fingerprint density at radius 2 is 2.20 bits per heavy atom. The molecule has 0 spiro atoms. The Morgan fingerprint density at radius 3 is 2.85 bits per heavy atom. The Hall–Kier alpha value is -1.62. The summed E-state index contributed by atoms with van der Waals surface area (Å²) in [5, 5.41) is 14.2. The third-order valence-electron chi connectivity index (χ3n) is 2.49. The summed E-state index contributed by atoms with van der Waals surface area (Å²) in [6.07, 6.45) is -1.39. The van der Waals surface area contributed by atoms with Crippen LogP contribution >= 0.6 is 0 Å². The van der Waals surface area contributed by atoms with Crippen molar-refractivity contribution in [1.82, 2.24) is 15.3 Å². The van der Waals surface area contributed by atoms with Crippen LogP contribution in [0.15, 0.2) is 28.2 Å². The van der Waals surface area contributed by atoms with Crippen LogP contribution in [0.3, 0.4) is 0 Å². The van der Waals surface area contributed by atoms with E-state index >= 15 is 0 Å². The molecule has 0 fully saturated rings. The summed E-state index contributed by atoms with van der Waals surface area (Å²) in [7, 11) is -4.28. The first-order valence-corrected chi connectivity index (χ1v) is 6.99. The van der Waals surface area contributed by atoms with Crippen LogP contribution in [0.4, 0.5) is 8.78 Å². The van der Waals surface area contributed by atoms with Gasteiger partial charge in [0, 0.05) is 6.07 Å². The minimum absolute atomic E-state index is 0.0101. The molecule has 1 aliphatic rings. The number of benzene rings is 1. The highest BCUT2D eigenvalue weighted by molar-refractivity contribution is 7.89. The molecule has 2 rings (SSSR count). The minimum Gasteiger partial charge on any atom is -0.359 e. The average molecular weight is 306 g/mol. The van der Waals surface area contributed by atoms with Gasteiger partial charge < -0.3 is 5.11 Å². The fourth-order valence-electron chi connectivity index (χ4n) is 1.58. The number of aliphatic hydroxyl groups excluding tert-OH is 1. The zero-order valence-corrected chi connectivity index (χ0v) is 11.2. The van der Waals surface area contributed by atoms with Gasteiger partial charge in [0.25, 0.3) is 10.0 Å². The second-order valence-corrected chi connectivity index (χ2v) is 5.78. The van der Waals surface area contributed by atoms with Crippen molar-refractivity contribution >= 4 is 15.7 Å². The molecule has 1 aromatic carbocycles. The molecule has 20 heavy (non-hydrogen) atoms. The van der Waals surface area contributed by atoms with Gasteiger partial charge in [-0.2, -0.15) is 10.1 Å². The summed E-state index contributed by atoms with van der Waals surface area (Å²) in [5.41, 5.74) is 2.78. The number of hydrogen-bond donors (Lipinski definition) is 3. The third kappa shape index (κ3) is 3.10. The van der Waals surface area contributed by atoms with Gasteiger partial charge in [-0.1, -0.05) is 0 Å². The first-order valence-electron chi connectivity index (χ1n) is 5.50. The molecule has 0 saturated heterocycles. The smallest absolute Gasteiger partial charge is 0.256 e. The average Bonchev–Trinajstić information content (AvgIpc) is 2.33. The monoisotopic (exact) mass is 306 g/mol. The van der Waals surface area contributed by atoms with Gasteiger partial charge >= 0.3 is 0 Å². The normalized spacial score (nSPS) is 20.4. The summed E-state index contributed by atoms with van der Waals surface area (Å²) < 4.78 is 50.3. The van der Waals surface area contributed by atoms with Crippen molar-refractivity contribution in [3.63, 3.8) is 0 Å². The summed E-state index contributed by atoms with van der Waals surface area (Å²) >= 11 is 0. The predicted molar refractivity (Wildman–Crippen MR) is 65.6 cm³/mol. The molecular weight excluding hydrogens is 294 g/mol. The molecule has 1 atom stereocenters. The topological polar surface area (TPSA) is 94.0 Å². The van der Waals surface area contributed by atoms with E-state index in [9.17, 15) is 22.3 Å². The number of sulfonamides is 1.